The molecule has 182 valence electrons. The van der Waals surface area contributed by atoms with Crippen molar-refractivity contribution in [3.63, 3.8) is 0 Å². The van der Waals surface area contributed by atoms with Crippen LogP contribution in [-0.2, 0) is 14.1 Å². The van der Waals surface area contributed by atoms with Crippen LogP contribution >= 0.6 is 0 Å². The van der Waals surface area contributed by atoms with Gasteiger partial charge in [-0.05, 0) is 80.6 Å². The second kappa shape index (κ2) is 7.49. The third-order valence-electron chi connectivity index (χ3n) is 11.0. The lowest BCUT2D eigenvalue weighted by atomic mass is 9.43. The van der Waals surface area contributed by atoms with Gasteiger partial charge in [0, 0.05) is 17.4 Å². The topological polar surface area (TPSA) is 56.8 Å². The highest BCUT2D eigenvalue weighted by Gasteiger charge is 2.68. The number of amides is 1. The summed E-state index contributed by atoms with van der Waals surface area (Å²) >= 11 is 0. The van der Waals surface area contributed by atoms with Gasteiger partial charge in [-0.1, -0.05) is 38.5 Å². The molecule has 7 aliphatic rings. The van der Waals surface area contributed by atoms with Gasteiger partial charge < -0.3 is 19.4 Å². The van der Waals surface area contributed by atoms with Crippen LogP contribution < -0.4 is 10.1 Å². The van der Waals surface area contributed by atoms with Gasteiger partial charge in [0.15, 0.2) is 0 Å². The Hall–Kier alpha value is -1.53. The molecule has 8 rings (SSSR count). The lowest BCUT2D eigenvalue weighted by Gasteiger charge is -2.64. The standard InChI is InChI=1S/C28H38BNO4/c1-27(2)19-13-23(27)28(3)24(14-19)33-29(34-28)25(12-18-15-32-22-7-5-4-6-20(18)22)30-26(31)21-11-16-8-9-17(21)10-16/h4-7,16-19,21,23-25H,8-15H2,1-3H3,(H,30,31)/t16-,17+,18+,19-,21+,23-,24+,25-,28-/m0/s1. The molecule has 0 radical (unpaired) electrons. The Kier molecular flexibility index (Phi) is 4.79. The van der Waals surface area contributed by atoms with Crippen molar-refractivity contribution in [2.24, 2.45) is 35.0 Å². The summed E-state index contributed by atoms with van der Waals surface area (Å²) in [4.78, 5) is 13.5. The Labute approximate surface area is 203 Å². The Morgan fingerprint density at radius 3 is 2.76 bits per heavy atom. The zero-order valence-corrected chi connectivity index (χ0v) is 20.8. The van der Waals surface area contributed by atoms with Crippen molar-refractivity contribution in [3.8, 4) is 5.75 Å². The number of hydrogen-bond acceptors (Lipinski definition) is 4. The molecule has 2 aliphatic heterocycles. The molecule has 0 spiro atoms. The SMILES string of the molecule is CC1(C)[C@@H]2C[C@H]3OB([C@H](C[C@@H]4COc5ccccc54)NC(=O)[C@@H]4C[C@H]5CC[C@@H]4C5)O[C@@]3(C)[C@H]1C2. The van der Waals surface area contributed by atoms with Crippen LogP contribution in [0.3, 0.4) is 0 Å². The number of ether oxygens (including phenoxy) is 1. The van der Waals surface area contributed by atoms with Gasteiger partial charge in [0.1, 0.15) is 5.75 Å². The highest BCUT2D eigenvalue weighted by Crippen LogP contribution is 2.66. The highest BCUT2D eigenvalue weighted by atomic mass is 16.7. The fourth-order valence-corrected chi connectivity index (χ4v) is 8.90. The van der Waals surface area contributed by atoms with Gasteiger partial charge in [-0.2, -0.15) is 0 Å². The van der Waals surface area contributed by atoms with E-state index in [1.54, 1.807) is 0 Å². The minimum absolute atomic E-state index is 0.128. The third kappa shape index (κ3) is 3.10. The van der Waals surface area contributed by atoms with Crippen molar-refractivity contribution in [2.45, 2.75) is 89.3 Å². The first kappa shape index (κ1) is 21.7. The third-order valence-corrected chi connectivity index (χ3v) is 11.0. The van der Waals surface area contributed by atoms with Crippen LogP contribution in [-0.4, -0.2) is 37.3 Å². The van der Waals surface area contributed by atoms with Gasteiger partial charge in [-0.25, -0.2) is 0 Å². The summed E-state index contributed by atoms with van der Waals surface area (Å²) in [6.45, 7) is 7.71. The number of fused-ring (bicyclic) bond motifs is 3. The Balaban J connectivity index is 1.13. The monoisotopic (exact) mass is 463 g/mol. The second-order valence-electron chi connectivity index (χ2n) is 13.0. The van der Waals surface area contributed by atoms with Gasteiger partial charge in [0.05, 0.1) is 24.3 Å². The molecule has 5 aliphatic carbocycles. The number of benzene rings is 1. The van der Waals surface area contributed by atoms with Gasteiger partial charge >= 0.3 is 7.12 Å². The fraction of sp³-hybridized carbons (Fsp3) is 0.750. The zero-order chi connectivity index (χ0) is 23.2. The van der Waals surface area contributed by atoms with Crippen molar-refractivity contribution in [2.75, 3.05) is 6.61 Å². The molecular formula is C28H38BNO4. The Morgan fingerprint density at radius 2 is 2.00 bits per heavy atom. The largest absolute Gasteiger partial charge is 0.493 e. The Bertz CT molecular complexity index is 998. The van der Waals surface area contributed by atoms with Crippen molar-refractivity contribution >= 4 is 13.0 Å². The van der Waals surface area contributed by atoms with Crippen LogP contribution in [0, 0.1) is 35.0 Å². The number of rotatable bonds is 5. The summed E-state index contributed by atoms with van der Waals surface area (Å²) in [5, 5.41) is 3.48. The van der Waals surface area contributed by atoms with E-state index in [0.717, 1.165) is 36.8 Å². The van der Waals surface area contributed by atoms with E-state index in [2.05, 4.69) is 38.2 Å². The quantitative estimate of drug-likeness (QED) is 0.641. The first-order valence-electron chi connectivity index (χ1n) is 13.7. The predicted octanol–water partition coefficient (Wildman–Crippen LogP) is 4.74. The van der Waals surface area contributed by atoms with E-state index in [4.69, 9.17) is 14.0 Å². The average Bonchev–Trinajstić information content (AvgIpc) is 3.60. The molecule has 1 aromatic rings. The first-order valence-corrected chi connectivity index (χ1v) is 13.7. The van der Waals surface area contributed by atoms with Crippen LogP contribution in [0.25, 0.3) is 0 Å². The average molecular weight is 463 g/mol. The summed E-state index contributed by atoms with van der Waals surface area (Å²) < 4.78 is 19.5. The summed E-state index contributed by atoms with van der Waals surface area (Å²) in [7, 11) is -0.388. The second-order valence-corrected chi connectivity index (χ2v) is 13.0. The molecule has 1 N–H and O–H groups in total. The molecule has 1 saturated heterocycles. The van der Waals surface area contributed by atoms with Crippen LogP contribution in [0.2, 0.25) is 0 Å². The maximum absolute atomic E-state index is 13.5. The molecule has 9 atom stereocenters. The first-order chi connectivity index (χ1) is 16.3. The van der Waals surface area contributed by atoms with E-state index in [1.807, 2.05) is 12.1 Å². The van der Waals surface area contributed by atoms with Gasteiger partial charge in [-0.15, -0.1) is 0 Å². The van der Waals surface area contributed by atoms with Gasteiger partial charge in [0.2, 0.25) is 5.91 Å². The molecule has 0 aromatic heterocycles. The normalized spacial score (nSPS) is 43.6. The van der Waals surface area contributed by atoms with E-state index in [1.165, 1.54) is 31.2 Å². The molecule has 5 nitrogen and oxygen atoms in total. The zero-order valence-electron chi connectivity index (χ0n) is 20.8. The maximum Gasteiger partial charge on any atom is 0.481 e. The molecule has 1 aromatic carbocycles. The van der Waals surface area contributed by atoms with E-state index >= 15 is 0 Å². The molecule has 5 saturated carbocycles. The lowest BCUT2D eigenvalue weighted by molar-refractivity contribution is -0.199. The highest BCUT2D eigenvalue weighted by molar-refractivity contribution is 6.48. The fourth-order valence-electron chi connectivity index (χ4n) is 8.90. The number of hydrogen-bond donors (Lipinski definition) is 1. The predicted molar refractivity (Wildman–Crippen MR) is 130 cm³/mol. The van der Waals surface area contributed by atoms with Crippen molar-refractivity contribution in [1.29, 1.82) is 0 Å². The van der Waals surface area contributed by atoms with Crippen molar-refractivity contribution in [3.05, 3.63) is 29.8 Å². The minimum Gasteiger partial charge on any atom is -0.493 e. The van der Waals surface area contributed by atoms with Crippen molar-refractivity contribution in [1.82, 2.24) is 5.32 Å². The van der Waals surface area contributed by atoms with Crippen LogP contribution in [0.4, 0.5) is 0 Å². The molecule has 1 amide bonds. The maximum atomic E-state index is 13.5. The van der Waals surface area contributed by atoms with Crippen LogP contribution in [0.15, 0.2) is 24.3 Å². The molecular weight excluding hydrogens is 425 g/mol. The minimum atomic E-state index is -0.388. The van der Waals surface area contributed by atoms with Crippen molar-refractivity contribution < 1.29 is 18.8 Å². The number of carbonyl (C=O) groups is 1. The molecule has 34 heavy (non-hydrogen) atoms. The number of carbonyl (C=O) groups excluding carboxylic acids is 1. The smallest absolute Gasteiger partial charge is 0.481 e. The summed E-state index contributed by atoms with van der Waals surface area (Å²) in [5.41, 5.74) is 1.29. The molecule has 6 fully saturated rings. The van der Waals surface area contributed by atoms with E-state index in [-0.39, 0.29) is 42.5 Å². The molecule has 4 bridgehead atoms. The number of para-hydroxylation sites is 1. The summed E-state index contributed by atoms with van der Waals surface area (Å²) in [5.74, 6) is 4.01. The van der Waals surface area contributed by atoms with Gasteiger partial charge in [-0.3, -0.25) is 4.79 Å². The summed E-state index contributed by atoms with van der Waals surface area (Å²) in [6, 6.07) is 8.32. The summed E-state index contributed by atoms with van der Waals surface area (Å²) in [6.07, 6.45) is 8.04. The van der Waals surface area contributed by atoms with Crippen LogP contribution in [0.5, 0.6) is 5.75 Å². The van der Waals surface area contributed by atoms with Crippen LogP contribution in [0.1, 0.15) is 77.2 Å². The van der Waals surface area contributed by atoms with E-state index in [0.29, 0.717) is 23.9 Å². The molecule has 6 heteroatoms. The Morgan fingerprint density at radius 1 is 1.15 bits per heavy atom. The molecule has 0 unspecified atom stereocenters. The number of nitrogens with one attached hydrogen (secondary N) is 1. The van der Waals surface area contributed by atoms with E-state index in [9.17, 15) is 4.79 Å². The van der Waals surface area contributed by atoms with E-state index < -0.39 is 0 Å². The lowest BCUT2D eigenvalue weighted by Crippen LogP contribution is -2.65. The molecule has 2 heterocycles. The van der Waals surface area contributed by atoms with Gasteiger partial charge in [0.25, 0.3) is 0 Å².